The predicted octanol–water partition coefficient (Wildman–Crippen LogP) is 3.11. The van der Waals surface area contributed by atoms with Gasteiger partial charge in [0, 0.05) is 19.1 Å². The molecule has 1 aliphatic heterocycles. The SMILES string of the molecule is CC1CCCN(C(=O)C(C)(C)C(=O)NC2CCCCCC2)C1. The Morgan fingerprint density at radius 2 is 1.64 bits per heavy atom. The zero-order valence-corrected chi connectivity index (χ0v) is 14.5. The first kappa shape index (κ1) is 17.3. The van der Waals surface area contributed by atoms with Crippen LogP contribution in [0.5, 0.6) is 0 Å². The molecule has 22 heavy (non-hydrogen) atoms. The Morgan fingerprint density at radius 1 is 1.00 bits per heavy atom. The van der Waals surface area contributed by atoms with Crippen molar-refractivity contribution in [3.63, 3.8) is 0 Å². The van der Waals surface area contributed by atoms with Gasteiger partial charge in [-0.1, -0.05) is 32.6 Å². The fourth-order valence-electron chi connectivity index (χ4n) is 3.66. The van der Waals surface area contributed by atoms with Crippen molar-refractivity contribution in [1.82, 2.24) is 10.2 Å². The molecule has 126 valence electrons. The molecule has 2 rings (SSSR count). The van der Waals surface area contributed by atoms with Crippen molar-refractivity contribution in [2.24, 2.45) is 11.3 Å². The molecule has 0 aromatic carbocycles. The fraction of sp³-hybridized carbons (Fsp3) is 0.889. The standard InChI is InChI=1S/C18H32N2O2/c1-14-9-8-12-20(13-14)17(22)18(2,3)16(21)19-15-10-6-4-5-7-11-15/h14-15H,4-13H2,1-3H3,(H,19,21). The van der Waals surface area contributed by atoms with E-state index in [1.807, 2.05) is 4.90 Å². The zero-order valence-electron chi connectivity index (χ0n) is 14.5. The minimum atomic E-state index is -0.955. The molecular weight excluding hydrogens is 276 g/mol. The number of hydrogen-bond acceptors (Lipinski definition) is 2. The van der Waals surface area contributed by atoms with Crippen LogP contribution in [0.25, 0.3) is 0 Å². The molecule has 1 atom stereocenters. The molecule has 1 aliphatic carbocycles. The molecule has 0 aromatic rings. The van der Waals surface area contributed by atoms with Crippen LogP contribution < -0.4 is 5.32 Å². The molecule has 0 bridgehead atoms. The van der Waals surface area contributed by atoms with Crippen LogP contribution in [-0.2, 0) is 9.59 Å². The largest absolute Gasteiger partial charge is 0.352 e. The molecule has 1 heterocycles. The van der Waals surface area contributed by atoms with E-state index in [0.717, 1.165) is 32.4 Å². The molecule has 2 amide bonds. The number of carbonyl (C=O) groups is 2. The van der Waals surface area contributed by atoms with E-state index in [4.69, 9.17) is 0 Å². The summed E-state index contributed by atoms with van der Waals surface area (Å²) in [6.07, 6.45) is 9.23. The third kappa shape index (κ3) is 4.23. The normalized spacial score (nSPS) is 24.7. The van der Waals surface area contributed by atoms with E-state index >= 15 is 0 Å². The number of rotatable bonds is 3. The molecule has 0 aromatic heterocycles. The third-order valence-electron chi connectivity index (χ3n) is 5.24. The molecular formula is C18H32N2O2. The van der Waals surface area contributed by atoms with Crippen LogP contribution >= 0.6 is 0 Å². The molecule has 1 saturated heterocycles. The van der Waals surface area contributed by atoms with E-state index in [1.165, 1.54) is 32.1 Å². The summed E-state index contributed by atoms with van der Waals surface area (Å²) in [5.41, 5.74) is -0.955. The van der Waals surface area contributed by atoms with Gasteiger partial charge in [0.25, 0.3) is 0 Å². The second-order valence-corrected chi connectivity index (χ2v) is 7.79. The van der Waals surface area contributed by atoms with E-state index in [2.05, 4.69) is 12.2 Å². The molecule has 4 nitrogen and oxygen atoms in total. The summed E-state index contributed by atoms with van der Waals surface area (Å²) in [4.78, 5) is 27.3. The van der Waals surface area contributed by atoms with Crippen molar-refractivity contribution in [2.75, 3.05) is 13.1 Å². The topological polar surface area (TPSA) is 49.4 Å². The predicted molar refractivity (Wildman–Crippen MR) is 88.4 cm³/mol. The highest BCUT2D eigenvalue weighted by molar-refractivity contribution is 6.04. The number of carbonyl (C=O) groups excluding carboxylic acids is 2. The number of hydrogen-bond donors (Lipinski definition) is 1. The smallest absolute Gasteiger partial charge is 0.237 e. The van der Waals surface area contributed by atoms with E-state index in [9.17, 15) is 9.59 Å². The van der Waals surface area contributed by atoms with Gasteiger partial charge in [-0.3, -0.25) is 9.59 Å². The fourth-order valence-corrected chi connectivity index (χ4v) is 3.66. The van der Waals surface area contributed by atoms with Gasteiger partial charge in [0.15, 0.2) is 0 Å². The Kier molecular flexibility index (Phi) is 5.87. The van der Waals surface area contributed by atoms with Crippen LogP contribution in [-0.4, -0.2) is 35.8 Å². The minimum absolute atomic E-state index is 0.00910. The van der Waals surface area contributed by atoms with E-state index in [1.54, 1.807) is 13.8 Å². The van der Waals surface area contributed by atoms with Crippen LogP contribution in [0.15, 0.2) is 0 Å². The average Bonchev–Trinajstić information content (AvgIpc) is 2.75. The lowest BCUT2D eigenvalue weighted by Crippen LogP contribution is -2.53. The maximum atomic E-state index is 12.8. The highest BCUT2D eigenvalue weighted by Gasteiger charge is 2.40. The Bertz CT molecular complexity index is 398. The van der Waals surface area contributed by atoms with Crippen molar-refractivity contribution < 1.29 is 9.59 Å². The summed E-state index contributed by atoms with van der Waals surface area (Å²) in [5, 5.41) is 3.14. The van der Waals surface area contributed by atoms with Gasteiger partial charge in [-0.15, -0.1) is 0 Å². The second-order valence-electron chi connectivity index (χ2n) is 7.79. The van der Waals surface area contributed by atoms with Gasteiger partial charge < -0.3 is 10.2 Å². The average molecular weight is 308 g/mol. The van der Waals surface area contributed by atoms with Crippen LogP contribution in [0, 0.1) is 11.3 Å². The van der Waals surface area contributed by atoms with Crippen molar-refractivity contribution >= 4 is 11.8 Å². The summed E-state index contributed by atoms with van der Waals surface area (Å²) in [6.45, 7) is 7.32. The number of likely N-dealkylation sites (tertiary alicyclic amines) is 1. The van der Waals surface area contributed by atoms with Crippen molar-refractivity contribution in [2.45, 2.75) is 78.2 Å². The van der Waals surface area contributed by atoms with Crippen LogP contribution in [0.2, 0.25) is 0 Å². The first-order valence-electron chi connectivity index (χ1n) is 9.01. The Morgan fingerprint density at radius 3 is 2.23 bits per heavy atom. The van der Waals surface area contributed by atoms with Crippen LogP contribution in [0.1, 0.15) is 72.1 Å². The second kappa shape index (κ2) is 7.47. The summed E-state index contributed by atoms with van der Waals surface area (Å²) in [7, 11) is 0. The quantitative estimate of drug-likeness (QED) is 0.643. The van der Waals surface area contributed by atoms with Gasteiger partial charge in [-0.25, -0.2) is 0 Å². The van der Waals surface area contributed by atoms with Gasteiger partial charge in [-0.2, -0.15) is 0 Å². The van der Waals surface area contributed by atoms with Crippen LogP contribution in [0.3, 0.4) is 0 Å². The monoisotopic (exact) mass is 308 g/mol. The maximum Gasteiger partial charge on any atom is 0.237 e. The van der Waals surface area contributed by atoms with E-state index in [-0.39, 0.29) is 17.9 Å². The lowest BCUT2D eigenvalue weighted by molar-refractivity contribution is -0.150. The molecule has 4 heteroatoms. The highest BCUT2D eigenvalue weighted by Crippen LogP contribution is 2.25. The zero-order chi connectivity index (χ0) is 16.2. The van der Waals surface area contributed by atoms with Gasteiger partial charge in [-0.05, 0) is 45.4 Å². The maximum absolute atomic E-state index is 12.8. The summed E-state index contributed by atoms with van der Waals surface area (Å²) in [6, 6.07) is 0.252. The summed E-state index contributed by atoms with van der Waals surface area (Å²) in [5.74, 6) is 0.436. The number of nitrogens with zero attached hydrogens (tertiary/aromatic N) is 1. The first-order chi connectivity index (χ1) is 10.4. The van der Waals surface area contributed by atoms with Crippen molar-refractivity contribution in [1.29, 1.82) is 0 Å². The molecule has 1 saturated carbocycles. The van der Waals surface area contributed by atoms with Crippen LogP contribution in [0.4, 0.5) is 0 Å². The highest BCUT2D eigenvalue weighted by atomic mass is 16.2. The summed E-state index contributed by atoms with van der Waals surface area (Å²) >= 11 is 0. The molecule has 0 spiro atoms. The Balaban J connectivity index is 1.95. The lowest BCUT2D eigenvalue weighted by atomic mass is 9.88. The number of nitrogens with one attached hydrogen (secondary N) is 1. The Labute approximate surface area is 135 Å². The van der Waals surface area contributed by atoms with Gasteiger partial charge in [0.1, 0.15) is 5.41 Å². The van der Waals surface area contributed by atoms with E-state index in [0.29, 0.717) is 5.92 Å². The van der Waals surface area contributed by atoms with Crippen molar-refractivity contribution in [3.05, 3.63) is 0 Å². The molecule has 1 unspecified atom stereocenters. The third-order valence-corrected chi connectivity index (χ3v) is 5.24. The number of amides is 2. The van der Waals surface area contributed by atoms with Gasteiger partial charge >= 0.3 is 0 Å². The van der Waals surface area contributed by atoms with Gasteiger partial charge in [0.2, 0.25) is 11.8 Å². The Hall–Kier alpha value is -1.06. The van der Waals surface area contributed by atoms with Crippen molar-refractivity contribution in [3.8, 4) is 0 Å². The molecule has 2 fully saturated rings. The molecule has 1 N–H and O–H groups in total. The van der Waals surface area contributed by atoms with E-state index < -0.39 is 5.41 Å². The molecule has 2 aliphatic rings. The molecule has 0 radical (unpaired) electrons. The van der Waals surface area contributed by atoms with Gasteiger partial charge in [0.05, 0.1) is 0 Å². The minimum Gasteiger partial charge on any atom is -0.352 e. The first-order valence-corrected chi connectivity index (χ1v) is 9.01. The lowest BCUT2D eigenvalue weighted by Gasteiger charge is -2.36. The number of piperidine rings is 1. The summed E-state index contributed by atoms with van der Waals surface area (Å²) < 4.78 is 0.